The third-order valence-corrected chi connectivity index (χ3v) is 5.54. The van der Waals surface area contributed by atoms with Gasteiger partial charge < -0.3 is 14.2 Å². The van der Waals surface area contributed by atoms with E-state index in [4.69, 9.17) is 4.42 Å². The first kappa shape index (κ1) is 19.9. The maximum atomic E-state index is 12.5. The second-order valence-electron chi connectivity index (χ2n) is 7.68. The van der Waals surface area contributed by atoms with Gasteiger partial charge in [0.05, 0.1) is 25.9 Å². The number of hydrogen-bond acceptors (Lipinski definition) is 5. The van der Waals surface area contributed by atoms with Crippen LogP contribution in [0.2, 0.25) is 0 Å². The van der Waals surface area contributed by atoms with Crippen LogP contribution in [0.15, 0.2) is 22.8 Å². The summed E-state index contributed by atoms with van der Waals surface area (Å²) >= 11 is 0. The van der Waals surface area contributed by atoms with E-state index in [0.717, 1.165) is 57.9 Å². The van der Waals surface area contributed by atoms with E-state index in [1.54, 1.807) is 18.2 Å². The molecule has 0 N–H and O–H groups in total. The summed E-state index contributed by atoms with van der Waals surface area (Å²) in [4.78, 5) is 33.1. The number of rotatable bonds is 6. The molecule has 2 saturated heterocycles. The van der Waals surface area contributed by atoms with E-state index >= 15 is 0 Å². The predicted molar refractivity (Wildman–Crippen MR) is 103 cm³/mol. The number of carbonyl (C=O) groups is 2. The lowest BCUT2D eigenvalue weighted by molar-refractivity contribution is -0.135. The van der Waals surface area contributed by atoms with E-state index in [2.05, 4.69) is 9.80 Å². The number of piperazine rings is 1. The van der Waals surface area contributed by atoms with Crippen molar-refractivity contribution in [2.75, 3.05) is 59.4 Å². The molecule has 0 aromatic carbocycles. The van der Waals surface area contributed by atoms with Gasteiger partial charge in [-0.05, 0) is 25.0 Å². The molecular formula is C20H32N4O3. The first-order chi connectivity index (χ1) is 13.1. The molecule has 0 atom stereocenters. The molecule has 0 unspecified atom stereocenters. The van der Waals surface area contributed by atoms with Crippen LogP contribution in [-0.2, 0) is 16.1 Å². The molecule has 1 aromatic rings. The summed E-state index contributed by atoms with van der Waals surface area (Å²) in [6.07, 6.45) is 6.37. The number of hydrogen-bond donors (Lipinski definition) is 0. The average molecular weight is 377 g/mol. The van der Waals surface area contributed by atoms with Gasteiger partial charge in [0.25, 0.3) is 0 Å². The molecule has 0 bridgehead atoms. The van der Waals surface area contributed by atoms with Crippen molar-refractivity contribution in [3.63, 3.8) is 0 Å². The third kappa shape index (κ3) is 6.07. The van der Waals surface area contributed by atoms with Gasteiger partial charge >= 0.3 is 0 Å². The molecule has 0 saturated carbocycles. The monoisotopic (exact) mass is 376 g/mol. The van der Waals surface area contributed by atoms with Crippen molar-refractivity contribution in [2.45, 2.75) is 32.2 Å². The van der Waals surface area contributed by atoms with Gasteiger partial charge in [0, 0.05) is 46.3 Å². The number of carbonyl (C=O) groups excluding carboxylic acids is 2. The Kier molecular flexibility index (Phi) is 7.29. The van der Waals surface area contributed by atoms with Gasteiger partial charge in [0.1, 0.15) is 5.76 Å². The smallest absolute Gasteiger partial charge is 0.236 e. The SMILES string of the molecule is CN(Cc1ccco1)C(=O)CN1CCN(CC(=O)N2CCCCCC2)CC1. The fourth-order valence-corrected chi connectivity index (χ4v) is 3.75. The molecule has 0 aliphatic carbocycles. The average Bonchev–Trinajstić information content (AvgIpc) is 3.02. The largest absolute Gasteiger partial charge is 0.467 e. The fraction of sp³-hybridized carbons (Fsp3) is 0.700. The van der Waals surface area contributed by atoms with Crippen molar-refractivity contribution in [3.05, 3.63) is 24.2 Å². The van der Waals surface area contributed by atoms with Crippen LogP contribution in [0.1, 0.15) is 31.4 Å². The quantitative estimate of drug-likeness (QED) is 0.748. The van der Waals surface area contributed by atoms with Crippen LogP contribution in [0.4, 0.5) is 0 Å². The van der Waals surface area contributed by atoms with E-state index in [1.165, 1.54) is 12.8 Å². The molecule has 0 radical (unpaired) electrons. The normalized spacial score (nSPS) is 19.7. The van der Waals surface area contributed by atoms with E-state index in [1.807, 2.05) is 17.0 Å². The molecule has 150 valence electrons. The zero-order chi connectivity index (χ0) is 19.1. The standard InChI is InChI=1S/C20H32N4O3/c1-21(15-18-7-6-14-27-18)19(25)16-22-10-12-23(13-11-22)17-20(26)24-8-4-2-3-5-9-24/h6-7,14H,2-5,8-13,15-17H2,1H3. The van der Waals surface area contributed by atoms with E-state index in [9.17, 15) is 9.59 Å². The highest BCUT2D eigenvalue weighted by Gasteiger charge is 2.24. The number of amides is 2. The Morgan fingerprint density at radius 2 is 1.59 bits per heavy atom. The molecule has 2 fully saturated rings. The Morgan fingerprint density at radius 3 is 2.19 bits per heavy atom. The van der Waals surface area contributed by atoms with Gasteiger partial charge in [-0.3, -0.25) is 19.4 Å². The molecule has 7 heteroatoms. The molecule has 3 heterocycles. The number of likely N-dealkylation sites (N-methyl/N-ethyl adjacent to an activating group) is 1. The minimum absolute atomic E-state index is 0.0977. The summed E-state index contributed by atoms with van der Waals surface area (Å²) in [5, 5.41) is 0. The highest BCUT2D eigenvalue weighted by molar-refractivity contribution is 5.78. The lowest BCUT2D eigenvalue weighted by Gasteiger charge is -2.35. The highest BCUT2D eigenvalue weighted by Crippen LogP contribution is 2.11. The highest BCUT2D eigenvalue weighted by atomic mass is 16.3. The number of furan rings is 1. The Morgan fingerprint density at radius 1 is 0.963 bits per heavy atom. The minimum atomic E-state index is 0.0977. The Balaban J connectivity index is 1.36. The molecule has 2 aliphatic rings. The Hall–Kier alpha value is -1.86. The number of likely N-dealkylation sites (tertiary alicyclic amines) is 1. The lowest BCUT2D eigenvalue weighted by Crippen LogP contribution is -2.52. The van der Waals surface area contributed by atoms with Crippen LogP contribution < -0.4 is 0 Å². The van der Waals surface area contributed by atoms with Crippen LogP contribution >= 0.6 is 0 Å². The number of nitrogens with zero attached hydrogens (tertiary/aromatic N) is 4. The lowest BCUT2D eigenvalue weighted by atomic mass is 10.2. The molecule has 27 heavy (non-hydrogen) atoms. The topological polar surface area (TPSA) is 60.2 Å². The third-order valence-electron chi connectivity index (χ3n) is 5.54. The van der Waals surface area contributed by atoms with Gasteiger partial charge in [0.2, 0.25) is 11.8 Å². The zero-order valence-electron chi connectivity index (χ0n) is 16.4. The molecular weight excluding hydrogens is 344 g/mol. The van der Waals surface area contributed by atoms with Gasteiger partial charge in [-0.1, -0.05) is 12.8 Å². The van der Waals surface area contributed by atoms with Gasteiger partial charge in [0.15, 0.2) is 0 Å². The van der Waals surface area contributed by atoms with Crippen LogP contribution in [-0.4, -0.2) is 90.8 Å². The van der Waals surface area contributed by atoms with Gasteiger partial charge in [-0.25, -0.2) is 0 Å². The van der Waals surface area contributed by atoms with Crippen LogP contribution in [0.3, 0.4) is 0 Å². The van der Waals surface area contributed by atoms with Gasteiger partial charge in [-0.15, -0.1) is 0 Å². The van der Waals surface area contributed by atoms with Gasteiger partial charge in [-0.2, -0.15) is 0 Å². The first-order valence-corrected chi connectivity index (χ1v) is 10.1. The molecule has 3 rings (SSSR count). The minimum Gasteiger partial charge on any atom is -0.467 e. The molecule has 7 nitrogen and oxygen atoms in total. The van der Waals surface area contributed by atoms with Crippen molar-refractivity contribution >= 4 is 11.8 Å². The molecule has 2 amide bonds. The summed E-state index contributed by atoms with van der Waals surface area (Å²) in [5.74, 6) is 1.16. The summed E-state index contributed by atoms with van der Waals surface area (Å²) in [6, 6.07) is 3.71. The maximum Gasteiger partial charge on any atom is 0.236 e. The summed E-state index contributed by atoms with van der Waals surface area (Å²) < 4.78 is 5.30. The van der Waals surface area contributed by atoms with Crippen molar-refractivity contribution in [3.8, 4) is 0 Å². The Bertz CT molecular complexity index is 588. The van der Waals surface area contributed by atoms with Crippen molar-refractivity contribution in [1.82, 2.24) is 19.6 Å². The maximum absolute atomic E-state index is 12.5. The van der Waals surface area contributed by atoms with Crippen LogP contribution in [0.5, 0.6) is 0 Å². The van der Waals surface area contributed by atoms with Crippen LogP contribution in [0, 0.1) is 0 Å². The van der Waals surface area contributed by atoms with Crippen molar-refractivity contribution in [2.24, 2.45) is 0 Å². The van der Waals surface area contributed by atoms with E-state index in [-0.39, 0.29) is 11.8 Å². The first-order valence-electron chi connectivity index (χ1n) is 10.1. The summed E-state index contributed by atoms with van der Waals surface area (Å²) in [6.45, 7) is 6.59. The fourth-order valence-electron chi connectivity index (χ4n) is 3.75. The van der Waals surface area contributed by atoms with E-state index in [0.29, 0.717) is 19.6 Å². The summed E-state index contributed by atoms with van der Waals surface area (Å²) in [5.41, 5.74) is 0. The predicted octanol–water partition coefficient (Wildman–Crippen LogP) is 1.26. The van der Waals surface area contributed by atoms with Crippen molar-refractivity contribution in [1.29, 1.82) is 0 Å². The van der Waals surface area contributed by atoms with Crippen molar-refractivity contribution < 1.29 is 14.0 Å². The second-order valence-corrected chi connectivity index (χ2v) is 7.68. The molecule has 2 aliphatic heterocycles. The van der Waals surface area contributed by atoms with Crippen LogP contribution in [0.25, 0.3) is 0 Å². The van der Waals surface area contributed by atoms with E-state index < -0.39 is 0 Å². The molecule has 0 spiro atoms. The zero-order valence-corrected chi connectivity index (χ0v) is 16.4. The summed E-state index contributed by atoms with van der Waals surface area (Å²) in [7, 11) is 1.81. The Labute approximate surface area is 161 Å². The second kappa shape index (κ2) is 9.90. The molecule has 1 aromatic heterocycles.